The van der Waals surface area contributed by atoms with Crippen molar-refractivity contribution in [2.75, 3.05) is 26.7 Å². The molecular formula is C15H20Cl2F3IN4. The molecule has 25 heavy (non-hydrogen) atoms. The first-order valence-electron chi connectivity index (χ1n) is 7.47. The van der Waals surface area contributed by atoms with Crippen molar-refractivity contribution in [3.63, 3.8) is 0 Å². The van der Waals surface area contributed by atoms with Gasteiger partial charge < -0.3 is 10.6 Å². The zero-order valence-corrected chi connectivity index (χ0v) is 17.4. The van der Waals surface area contributed by atoms with Crippen molar-refractivity contribution >= 4 is 53.1 Å². The van der Waals surface area contributed by atoms with E-state index >= 15 is 0 Å². The van der Waals surface area contributed by atoms with Gasteiger partial charge in [-0.25, -0.2) is 0 Å². The summed E-state index contributed by atoms with van der Waals surface area (Å²) in [5.74, 6) is 0.528. The van der Waals surface area contributed by atoms with E-state index < -0.39 is 12.7 Å². The average Bonchev–Trinajstić information content (AvgIpc) is 2.89. The first kappa shape index (κ1) is 22.6. The second kappa shape index (κ2) is 10.0. The predicted molar refractivity (Wildman–Crippen MR) is 106 cm³/mol. The molecule has 1 unspecified atom stereocenters. The molecule has 0 radical (unpaired) electrons. The molecule has 1 heterocycles. The van der Waals surface area contributed by atoms with Crippen molar-refractivity contribution in [3.05, 3.63) is 33.8 Å². The Balaban J connectivity index is 0.00000312. The number of aliphatic imine (C=N–C) groups is 1. The number of nitrogens with one attached hydrogen (secondary N) is 2. The van der Waals surface area contributed by atoms with Gasteiger partial charge >= 0.3 is 6.18 Å². The molecule has 1 aromatic rings. The number of halogens is 6. The van der Waals surface area contributed by atoms with Crippen LogP contribution >= 0.6 is 47.2 Å². The van der Waals surface area contributed by atoms with Crippen molar-refractivity contribution < 1.29 is 13.2 Å². The lowest BCUT2D eigenvalue weighted by Gasteiger charge is -2.20. The largest absolute Gasteiger partial charge is 0.401 e. The smallest absolute Gasteiger partial charge is 0.352 e. The molecule has 10 heteroatoms. The van der Waals surface area contributed by atoms with Crippen LogP contribution in [0, 0.1) is 0 Å². The van der Waals surface area contributed by atoms with Crippen LogP contribution in [0.3, 0.4) is 0 Å². The number of benzene rings is 1. The highest BCUT2D eigenvalue weighted by Crippen LogP contribution is 2.21. The SMILES string of the molecule is CN=C(NCc1ccc(Cl)cc1Cl)NC1CCN(CC(F)(F)F)C1.I. The van der Waals surface area contributed by atoms with Gasteiger partial charge in [-0.2, -0.15) is 13.2 Å². The normalized spacial score (nSPS) is 18.8. The Morgan fingerprint density at radius 2 is 2.08 bits per heavy atom. The van der Waals surface area contributed by atoms with E-state index in [4.69, 9.17) is 23.2 Å². The summed E-state index contributed by atoms with van der Waals surface area (Å²) in [5, 5.41) is 7.35. The minimum absolute atomic E-state index is 0. The van der Waals surface area contributed by atoms with Crippen LogP contribution in [-0.2, 0) is 6.54 Å². The van der Waals surface area contributed by atoms with Gasteiger partial charge in [0.25, 0.3) is 0 Å². The van der Waals surface area contributed by atoms with E-state index in [2.05, 4.69) is 15.6 Å². The summed E-state index contributed by atoms with van der Waals surface area (Å²) >= 11 is 12.0. The fourth-order valence-corrected chi connectivity index (χ4v) is 3.05. The summed E-state index contributed by atoms with van der Waals surface area (Å²) < 4.78 is 37.3. The highest BCUT2D eigenvalue weighted by Gasteiger charge is 2.34. The molecule has 142 valence electrons. The van der Waals surface area contributed by atoms with E-state index in [0.29, 0.717) is 42.1 Å². The van der Waals surface area contributed by atoms with E-state index in [-0.39, 0.29) is 30.0 Å². The summed E-state index contributed by atoms with van der Waals surface area (Å²) in [7, 11) is 1.61. The van der Waals surface area contributed by atoms with Crippen molar-refractivity contribution in [1.29, 1.82) is 0 Å². The quantitative estimate of drug-likeness (QED) is 0.366. The first-order valence-corrected chi connectivity index (χ1v) is 8.22. The number of likely N-dealkylation sites (tertiary alicyclic amines) is 1. The number of alkyl halides is 3. The molecule has 0 aliphatic carbocycles. The van der Waals surface area contributed by atoms with Crippen molar-refractivity contribution in [1.82, 2.24) is 15.5 Å². The second-order valence-electron chi connectivity index (χ2n) is 5.64. The molecule has 1 fully saturated rings. The van der Waals surface area contributed by atoms with Gasteiger partial charge in [0, 0.05) is 42.8 Å². The van der Waals surface area contributed by atoms with Crippen LogP contribution in [-0.4, -0.2) is 49.8 Å². The van der Waals surface area contributed by atoms with Crippen LogP contribution in [0.25, 0.3) is 0 Å². The maximum atomic E-state index is 12.4. The number of hydrogen-bond acceptors (Lipinski definition) is 2. The maximum absolute atomic E-state index is 12.4. The Morgan fingerprint density at radius 1 is 1.36 bits per heavy atom. The van der Waals surface area contributed by atoms with Gasteiger partial charge in [-0.1, -0.05) is 29.3 Å². The third kappa shape index (κ3) is 7.76. The van der Waals surface area contributed by atoms with E-state index in [9.17, 15) is 13.2 Å². The Kier molecular flexibility index (Phi) is 9.07. The summed E-state index contributed by atoms with van der Waals surface area (Å²) in [6, 6.07) is 5.14. The summed E-state index contributed by atoms with van der Waals surface area (Å²) in [6.45, 7) is 0.311. The van der Waals surface area contributed by atoms with Crippen molar-refractivity contribution in [3.8, 4) is 0 Å². The Hall–Kier alpha value is -0.450. The Morgan fingerprint density at radius 3 is 2.68 bits per heavy atom. The lowest BCUT2D eigenvalue weighted by Crippen LogP contribution is -2.44. The number of rotatable bonds is 4. The molecule has 1 atom stereocenters. The van der Waals surface area contributed by atoms with Gasteiger partial charge in [0.05, 0.1) is 6.54 Å². The van der Waals surface area contributed by atoms with E-state index in [1.807, 2.05) is 6.07 Å². The molecule has 1 aliphatic heterocycles. The van der Waals surface area contributed by atoms with E-state index in [1.54, 1.807) is 19.2 Å². The van der Waals surface area contributed by atoms with E-state index in [0.717, 1.165) is 5.56 Å². The molecule has 0 amide bonds. The van der Waals surface area contributed by atoms with Gasteiger partial charge in [-0.05, 0) is 24.1 Å². The lowest BCUT2D eigenvalue weighted by atomic mass is 10.2. The zero-order chi connectivity index (χ0) is 17.7. The third-order valence-corrected chi connectivity index (χ3v) is 4.29. The van der Waals surface area contributed by atoms with Crippen LogP contribution in [0.4, 0.5) is 13.2 Å². The molecule has 1 aromatic carbocycles. The summed E-state index contributed by atoms with van der Waals surface area (Å²) in [5.41, 5.74) is 0.856. The van der Waals surface area contributed by atoms with Crippen LogP contribution in [0.15, 0.2) is 23.2 Å². The number of guanidine groups is 1. The van der Waals surface area contributed by atoms with Crippen molar-refractivity contribution in [2.24, 2.45) is 4.99 Å². The standard InChI is InChI=1S/C15H19Cl2F3N4.HI/c1-21-14(22-7-10-2-3-11(16)6-13(10)17)23-12-4-5-24(8-12)9-15(18,19)20;/h2-3,6,12H,4-5,7-9H2,1H3,(H2,21,22,23);1H. The number of nitrogens with zero attached hydrogens (tertiary/aromatic N) is 2. The molecule has 2 N–H and O–H groups in total. The molecule has 0 spiro atoms. The topological polar surface area (TPSA) is 39.7 Å². The summed E-state index contributed by atoms with van der Waals surface area (Å²) in [4.78, 5) is 5.49. The Labute approximate surface area is 172 Å². The molecule has 0 bridgehead atoms. The average molecular weight is 511 g/mol. The number of hydrogen-bond donors (Lipinski definition) is 2. The molecular weight excluding hydrogens is 491 g/mol. The van der Waals surface area contributed by atoms with Gasteiger partial charge in [-0.3, -0.25) is 9.89 Å². The monoisotopic (exact) mass is 510 g/mol. The fourth-order valence-electron chi connectivity index (χ4n) is 2.58. The highest BCUT2D eigenvalue weighted by molar-refractivity contribution is 14.0. The third-order valence-electron chi connectivity index (χ3n) is 3.70. The van der Waals surface area contributed by atoms with E-state index in [1.165, 1.54) is 4.90 Å². The first-order chi connectivity index (χ1) is 11.3. The Bertz CT molecular complexity index is 599. The molecule has 1 aliphatic rings. The lowest BCUT2D eigenvalue weighted by molar-refractivity contribution is -0.143. The van der Waals surface area contributed by atoms with Gasteiger partial charge in [0.15, 0.2) is 5.96 Å². The zero-order valence-electron chi connectivity index (χ0n) is 13.5. The maximum Gasteiger partial charge on any atom is 0.401 e. The van der Waals surface area contributed by atoms with Crippen LogP contribution < -0.4 is 10.6 Å². The second-order valence-corrected chi connectivity index (χ2v) is 6.49. The van der Waals surface area contributed by atoms with Gasteiger partial charge in [0.2, 0.25) is 0 Å². The molecule has 4 nitrogen and oxygen atoms in total. The van der Waals surface area contributed by atoms with Crippen molar-refractivity contribution in [2.45, 2.75) is 25.2 Å². The van der Waals surface area contributed by atoms with Crippen LogP contribution in [0.1, 0.15) is 12.0 Å². The minimum Gasteiger partial charge on any atom is -0.352 e. The van der Waals surface area contributed by atoms with Gasteiger partial charge in [0.1, 0.15) is 0 Å². The molecule has 0 saturated carbocycles. The minimum atomic E-state index is -4.17. The molecule has 1 saturated heterocycles. The molecule has 0 aromatic heterocycles. The van der Waals surface area contributed by atoms with Crippen LogP contribution in [0.2, 0.25) is 10.0 Å². The fraction of sp³-hybridized carbons (Fsp3) is 0.533. The summed E-state index contributed by atoms with van der Waals surface area (Å²) in [6.07, 6.45) is -3.53. The van der Waals surface area contributed by atoms with Gasteiger partial charge in [-0.15, -0.1) is 24.0 Å². The van der Waals surface area contributed by atoms with Crippen LogP contribution in [0.5, 0.6) is 0 Å². The predicted octanol–water partition coefficient (Wildman–Crippen LogP) is 3.91. The highest BCUT2D eigenvalue weighted by atomic mass is 127. The molecule has 2 rings (SSSR count).